The summed E-state index contributed by atoms with van der Waals surface area (Å²) >= 11 is 0. The molecule has 2 heterocycles. The van der Waals surface area contributed by atoms with Gasteiger partial charge in [-0.15, -0.1) is 0 Å². The standard InChI is InChI=1S/C31H31NO6/c1-18(2)37-25-7-5-6-21(16-25)28-27(29(33)22-10-13-26-23(15-22)14-19(3)38-26)30(34)31(35)32(28)17-20-8-11-24(36-4)12-9-20/h5-13,15-16,18-19,28,33H,14,17H2,1-4H3/b29-27-. The van der Waals surface area contributed by atoms with Crippen LogP contribution in [0.2, 0.25) is 0 Å². The fourth-order valence-corrected chi connectivity index (χ4v) is 5.07. The number of hydrogen-bond donors (Lipinski definition) is 1. The molecule has 0 aromatic heterocycles. The summed E-state index contributed by atoms with van der Waals surface area (Å²) in [5.41, 5.74) is 2.99. The first-order valence-electron chi connectivity index (χ1n) is 12.7. The van der Waals surface area contributed by atoms with Crippen LogP contribution < -0.4 is 14.2 Å². The van der Waals surface area contributed by atoms with E-state index in [1.54, 1.807) is 19.2 Å². The molecule has 0 spiro atoms. The number of likely N-dealkylation sites (tertiary alicyclic amines) is 1. The molecular formula is C31H31NO6. The number of amides is 1. The molecule has 0 saturated carbocycles. The SMILES string of the molecule is COc1ccc(CN2C(=O)C(=O)/C(=C(\O)c3ccc4c(c3)CC(C)O4)C2c2cccc(OC(C)C)c2)cc1. The van der Waals surface area contributed by atoms with E-state index < -0.39 is 17.7 Å². The Balaban J connectivity index is 1.61. The van der Waals surface area contributed by atoms with Crippen LogP contribution >= 0.6 is 0 Å². The van der Waals surface area contributed by atoms with Crippen LogP contribution in [0, 0.1) is 0 Å². The van der Waals surface area contributed by atoms with E-state index in [0.717, 1.165) is 16.9 Å². The van der Waals surface area contributed by atoms with E-state index in [1.165, 1.54) is 4.90 Å². The monoisotopic (exact) mass is 513 g/mol. The number of carbonyl (C=O) groups excluding carboxylic acids is 2. The predicted octanol–water partition coefficient (Wildman–Crippen LogP) is 5.43. The summed E-state index contributed by atoms with van der Waals surface area (Å²) in [6, 6.07) is 19.2. The minimum atomic E-state index is -0.795. The van der Waals surface area contributed by atoms with Gasteiger partial charge in [0.1, 0.15) is 29.1 Å². The molecule has 0 bridgehead atoms. The van der Waals surface area contributed by atoms with Crippen LogP contribution in [0.3, 0.4) is 0 Å². The quantitative estimate of drug-likeness (QED) is 0.258. The lowest BCUT2D eigenvalue weighted by atomic mass is 9.94. The highest BCUT2D eigenvalue weighted by Crippen LogP contribution is 2.42. The van der Waals surface area contributed by atoms with Gasteiger partial charge in [0, 0.05) is 18.5 Å². The molecule has 0 radical (unpaired) electrons. The number of ketones is 1. The molecule has 2 unspecified atom stereocenters. The summed E-state index contributed by atoms with van der Waals surface area (Å²) in [5, 5.41) is 11.5. The Labute approximate surface area is 222 Å². The largest absolute Gasteiger partial charge is 0.507 e. The highest BCUT2D eigenvalue weighted by molar-refractivity contribution is 6.46. The van der Waals surface area contributed by atoms with E-state index >= 15 is 0 Å². The molecule has 7 heteroatoms. The lowest BCUT2D eigenvalue weighted by Crippen LogP contribution is -2.29. The number of benzene rings is 3. The van der Waals surface area contributed by atoms with Crippen LogP contribution in [0.5, 0.6) is 17.2 Å². The molecule has 1 saturated heterocycles. The molecule has 2 aliphatic heterocycles. The van der Waals surface area contributed by atoms with Gasteiger partial charge in [0.2, 0.25) is 0 Å². The molecule has 0 aliphatic carbocycles. The number of fused-ring (bicyclic) bond motifs is 1. The van der Waals surface area contributed by atoms with Gasteiger partial charge >= 0.3 is 0 Å². The molecule has 5 rings (SSSR count). The molecule has 196 valence electrons. The minimum Gasteiger partial charge on any atom is -0.507 e. The van der Waals surface area contributed by atoms with Crippen molar-refractivity contribution in [2.45, 2.75) is 52.0 Å². The van der Waals surface area contributed by atoms with Crippen molar-refractivity contribution in [3.05, 3.63) is 94.6 Å². The third-order valence-electron chi connectivity index (χ3n) is 6.77. The first-order valence-corrected chi connectivity index (χ1v) is 12.7. The van der Waals surface area contributed by atoms with Crippen molar-refractivity contribution in [1.29, 1.82) is 0 Å². The Kier molecular flexibility index (Phi) is 6.85. The first kappa shape index (κ1) is 25.4. The van der Waals surface area contributed by atoms with Crippen molar-refractivity contribution in [3.63, 3.8) is 0 Å². The highest BCUT2D eigenvalue weighted by Gasteiger charge is 2.46. The summed E-state index contributed by atoms with van der Waals surface area (Å²) in [6.07, 6.45) is 0.702. The molecule has 7 nitrogen and oxygen atoms in total. The number of methoxy groups -OCH3 is 1. The average Bonchev–Trinajstić information content (AvgIpc) is 3.39. The first-order chi connectivity index (χ1) is 18.2. The van der Waals surface area contributed by atoms with Gasteiger partial charge < -0.3 is 24.2 Å². The Bertz CT molecular complexity index is 1410. The number of aliphatic hydroxyl groups excluding tert-OH is 1. The maximum Gasteiger partial charge on any atom is 0.295 e. The average molecular weight is 514 g/mol. The Morgan fingerprint density at radius 1 is 1.05 bits per heavy atom. The van der Waals surface area contributed by atoms with E-state index in [2.05, 4.69) is 0 Å². The zero-order chi connectivity index (χ0) is 27.0. The second-order valence-corrected chi connectivity index (χ2v) is 9.97. The minimum absolute atomic E-state index is 0.0427. The van der Waals surface area contributed by atoms with Gasteiger partial charge in [-0.2, -0.15) is 0 Å². The molecule has 1 amide bonds. The van der Waals surface area contributed by atoms with E-state index in [9.17, 15) is 14.7 Å². The number of rotatable bonds is 7. The number of hydrogen-bond acceptors (Lipinski definition) is 6. The molecular weight excluding hydrogens is 482 g/mol. The van der Waals surface area contributed by atoms with Crippen LogP contribution in [0.25, 0.3) is 5.76 Å². The molecule has 38 heavy (non-hydrogen) atoms. The summed E-state index contributed by atoms with van der Waals surface area (Å²) in [6.45, 7) is 6.03. The summed E-state index contributed by atoms with van der Waals surface area (Å²) < 4.78 is 16.9. The van der Waals surface area contributed by atoms with Gasteiger partial charge in [0.25, 0.3) is 11.7 Å². The maximum absolute atomic E-state index is 13.5. The Morgan fingerprint density at radius 2 is 1.82 bits per heavy atom. The number of ether oxygens (including phenoxy) is 3. The lowest BCUT2D eigenvalue weighted by molar-refractivity contribution is -0.140. The van der Waals surface area contributed by atoms with E-state index in [1.807, 2.05) is 75.4 Å². The van der Waals surface area contributed by atoms with Crippen LogP contribution in [0.1, 0.15) is 49.1 Å². The van der Waals surface area contributed by atoms with E-state index in [0.29, 0.717) is 29.0 Å². The van der Waals surface area contributed by atoms with Gasteiger partial charge in [0.05, 0.1) is 24.8 Å². The highest BCUT2D eigenvalue weighted by atomic mass is 16.5. The van der Waals surface area contributed by atoms with Gasteiger partial charge in [0.15, 0.2) is 0 Å². The number of nitrogens with zero attached hydrogens (tertiary/aromatic N) is 1. The molecule has 1 N–H and O–H groups in total. The summed E-state index contributed by atoms with van der Waals surface area (Å²) in [4.78, 5) is 28.4. The maximum atomic E-state index is 13.5. The summed E-state index contributed by atoms with van der Waals surface area (Å²) in [5.74, 6) is 0.492. The molecule has 3 aromatic rings. The number of Topliss-reactive ketones (excluding diaryl/α,β-unsaturated/α-hetero) is 1. The topological polar surface area (TPSA) is 85.3 Å². The van der Waals surface area contributed by atoms with Crippen molar-refractivity contribution in [2.24, 2.45) is 0 Å². The number of carbonyl (C=O) groups is 2. The Hall–Kier alpha value is -4.26. The second kappa shape index (κ2) is 10.2. The number of aliphatic hydroxyl groups is 1. The van der Waals surface area contributed by atoms with Crippen LogP contribution in [-0.2, 0) is 22.6 Å². The Morgan fingerprint density at radius 3 is 2.53 bits per heavy atom. The third-order valence-corrected chi connectivity index (χ3v) is 6.77. The van der Waals surface area contributed by atoms with Crippen LogP contribution in [-0.4, -0.2) is 41.0 Å². The molecule has 2 aliphatic rings. The van der Waals surface area contributed by atoms with E-state index in [4.69, 9.17) is 14.2 Å². The van der Waals surface area contributed by atoms with Gasteiger partial charge in [-0.25, -0.2) is 0 Å². The van der Waals surface area contributed by atoms with Gasteiger partial charge in [-0.3, -0.25) is 9.59 Å². The smallest absolute Gasteiger partial charge is 0.295 e. The van der Waals surface area contributed by atoms with E-state index in [-0.39, 0.29) is 30.1 Å². The fraction of sp³-hybridized carbons (Fsp3) is 0.290. The van der Waals surface area contributed by atoms with Gasteiger partial charge in [-0.05, 0) is 79.9 Å². The molecule has 2 atom stereocenters. The van der Waals surface area contributed by atoms with Crippen molar-refractivity contribution < 1.29 is 28.9 Å². The summed E-state index contributed by atoms with van der Waals surface area (Å²) in [7, 11) is 1.59. The van der Waals surface area contributed by atoms with Crippen molar-refractivity contribution >= 4 is 17.4 Å². The predicted molar refractivity (Wildman–Crippen MR) is 143 cm³/mol. The molecule has 3 aromatic carbocycles. The van der Waals surface area contributed by atoms with Crippen molar-refractivity contribution in [2.75, 3.05) is 7.11 Å². The van der Waals surface area contributed by atoms with Gasteiger partial charge in [-0.1, -0.05) is 24.3 Å². The lowest BCUT2D eigenvalue weighted by Gasteiger charge is -2.26. The van der Waals surface area contributed by atoms with Crippen LogP contribution in [0.15, 0.2) is 72.3 Å². The molecule has 1 fully saturated rings. The second-order valence-electron chi connectivity index (χ2n) is 9.97. The van der Waals surface area contributed by atoms with Crippen molar-refractivity contribution in [1.82, 2.24) is 4.90 Å². The normalized spacial score (nSPS) is 20.0. The fourth-order valence-electron chi connectivity index (χ4n) is 5.07. The zero-order valence-corrected chi connectivity index (χ0v) is 21.9. The third kappa shape index (κ3) is 4.84. The zero-order valence-electron chi connectivity index (χ0n) is 21.9. The van der Waals surface area contributed by atoms with Crippen molar-refractivity contribution in [3.8, 4) is 17.2 Å². The van der Waals surface area contributed by atoms with Crippen LogP contribution in [0.4, 0.5) is 0 Å².